The van der Waals surface area contributed by atoms with Gasteiger partial charge in [0.05, 0.1) is 16.0 Å². The van der Waals surface area contributed by atoms with E-state index >= 15 is 0 Å². The van der Waals surface area contributed by atoms with E-state index in [9.17, 15) is 19.7 Å². The molecule has 2 rings (SSSR count). The van der Waals surface area contributed by atoms with Gasteiger partial charge in [0.1, 0.15) is 0 Å². The summed E-state index contributed by atoms with van der Waals surface area (Å²) >= 11 is 1.21. The fourth-order valence-corrected chi connectivity index (χ4v) is 2.49. The van der Waals surface area contributed by atoms with E-state index in [1.165, 1.54) is 22.1 Å². The van der Waals surface area contributed by atoms with E-state index < -0.39 is 21.9 Å². The van der Waals surface area contributed by atoms with Crippen LogP contribution in [-0.4, -0.2) is 15.4 Å². The van der Waals surface area contributed by atoms with Crippen LogP contribution in [0.3, 0.4) is 0 Å². The van der Waals surface area contributed by atoms with Crippen LogP contribution in [-0.2, 0) is 6.54 Å². The van der Waals surface area contributed by atoms with Crippen LogP contribution in [0.5, 0.6) is 0 Å². The zero-order chi connectivity index (χ0) is 14.7. The zero-order valence-corrected chi connectivity index (χ0v) is 10.9. The summed E-state index contributed by atoms with van der Waals surface area (Å²) in [5, 5.41) is 12.4. The van der Waals surface area contributed by atoms with Gasteiger partial charge in [0.25, 0.3) is 11.3 Å². The van der Waals surface area contributed by atoms with Crippen LogP contribution < -0.4 is 16.7 Å². The fraction of sp³-hybridized carbons (Fsp3) is 0.0909. The van der Waals surface area contributed by atoms with Crippen molar-refractivity contribution in [3.05, 3.63) is 60.7 Å². The molecule has 0 spiro atoms. The van der Waals surface area contributed by atoms with Gasteiger partial charge in [-0.05, 0) is 17.0 Å². The molecule has 0 aliphatic rings. The molecule has 0 radical (unpaired) electrons. The molecule has 0 saturated heterocycles. The van der Waals surface area contributed by atoms with Crippen LogP contribution in [0.15, 0.2) is 34.7 Å². The number of nitro groups is 1. The van der Waals surface area contributed by atoms with Gasteiger partial charge in [-0.25, -0.2) is 5.84 Å². The molecule has 20 heavy (non-hydrogen) atoms. The van der Waals surface area contributed by atoms with Gasteiger partial charge in [-0.1, -0.05) is 0 Å². The third kappa shape index (κ3) is 2.73. The molecule has 0 aliphatic heterocycles. The first-order chi connectivity index (χ1) is 9.52. The molecule has 0 unspecified atom stereocenters. The van der Waals surface area contributed by atoms with Crippen molar-refractivity contribution in [1.29, 1.82) is 0 Å². The monoisotopic (exact) mass is 294 g/mol. The van der Waals surface area contributed by atoms with Crippen molar-refractivity contribution in [3.8, 4) is 0 Å². The molecule has 0 bridgehead atoms. The van der Waals surface area contributed by atoms with Crippen molar-refractivity contribution < 1.29 is 9.72 Å². The molecule has 2 aromatic heterocycles. The second-order valence-corrected chi connectivity index (χ2v) is 4.79. The summed E-state index contributed by atoms with van der Waals surface area (Å²) in [6, 6.07) is 2.84. The van der Waals surface area contributed by atoms with Crippen LogP contribution in [0, 0.1) is 10.1 Å². The van der Waals surface area contributed by atoms with Crippen molar-refractivity contribution in [2.45, 2.75) is 6.54 Å². The number of carbonyl (C=O) groups excluding carboxylic acids is 1. The van der Waals surface area contributed by atoms with Crippen molar-refractivity contribution in [1.82, 2.24) is 9.99 Å². The molecule has 104 valence electrons. The van der Waals surface area contributed by atoms with Gasteiger partial charge in [-0.2, -0.15) is 0 Å². The SMILES string of the molecule is NNC(=O)c1sccc1Cn1ccc(=O)c([N+](=O)[O-])c1. The summed E-state index contributed by atoms with van der Waals surface area (Å²) in [7, 11) is 0. The first-order valence-corrected chi connectivity index (χ1v) is 6.32. The minimum Gasteiger partial charge on any atom is -0.344 e. The molecule has 2 aromatic rings. The summed E-state index contributed by atoms with van der Waals surface area (Å²) in [5.74, 6) is 4.65. The average molecular weight is 294 g/mol. The van der Waals surface area contributed by atoms with E-state index in [1.807, 2.05) is 5.43 Å². The smallest absolute Gasteiger partial charge is 0.332 e. The van der Waals surface area contributed by atoms with Crippen molar-refractivity contribution in [2.75, 3.05) is 0 Å². The standard InChI is InChI=1S/C11H10N4O4S/c12-13-11(17)10-7(2-4-20-10)5-14-3-1-9(16)8(6-14)15(18)19/h1-4,6H,5,12H2,(H,13,17). The number of carbonyl (C=O) groups is 1. The molecule has 1 amide bonds. The molecule has 8 nitrogen and oxygen atoms in total. The van der Waals surface area contributed by atoms with Crippen molar-refractivity contribution in [3.63, 3.8) is 0 Å². The first-order valence-electron chi connectivity index (χ1n) is 5.44. The van der Waals surface area contributed by atoms with Crippen LogP contribution in [0.25, 0.3) is 0 Å². The van der Waals surface area contributed by atoms with Crippen LogP contribution in [0.1, 0.15) is 15.2 Å². The number of hydrogen-bond acceptors (Lipinski definition) is 6. The number of hydrazine groups is 1. The quantitative estimate of drug-likeness (QED) is 0.367. The van der Waals surface area contributed by atoms with Crippen LogP contribution in [0.2, 0.25) is 0 Å². The normalized spacial score (nSPS) is 10.2. The number of amides is 1. The van der Waals surface area contributed by atoms with E-state index in [2.05, 4.69) is 0 Å². The van der Waals surface area contributed by atoms with E-state index in [1.54, 1.807) is 11.4 Å². The van der Waals surface area contributed by atoms with E-state index in [-0.39, 0.29) is 6.54 Å². The highest BCUT2D eigenvalue weighted by molar-refractivity contribution is 7.12. The largest absolute Gasteiger partial charge is 0.344 e. The number of nitrogens with one attached hydrogen (secondary N) is 1. The molecule has 0 saturated carbocycles. The molecule has 2 heterocycles. The summed E-state index contributed by atoms with van der Waals surface area (Å²) < 4.78 is 1.47. The number of nitrogens with zero attached hydrogens (tertiary/aromatic N) is 2. The van der Waals surface area contributed by atoms with Gasteiger partial charge in [0.2, 0.25) is 0 Å². The Bertz CT molecular complexity index is 721. The molecular formula is C11H10N4O4S. The molecule has 0 aliphatic carbocycles. The lowest BCUT2D eigenvalue weighted by Gasteiger charge is -2.06. The highest BCUT2D eigenvalue weighted by atomic mass is 32.1. The third-order valence-electron chi connectivity index (χ3n) is 2.59. The number of aromatic nitrogens is 1. The minimum atomic E-state index is -0.736. The molecule has 0 atom stereocenters. The topological polar surface area (TPSA) is 120 Å². The first kappa shape index (κ1) is 13.9. The Morgan fingerprint density at radius 1 is 1.50 bits per heavy atom. The van der Waals surface area contributed by atoms with Gasteiger partial charge in [0.15, 0.2) is 0 Å². The van der Waals surface area contributed by atoms with E-state index in [4.69, 9.17) is 5.84 Å². The number of rotatable bonds is 4. The third-order valence-corrected chi connectivity index (χ3v) is 3.55. The van der Waals surface area contributed by atoms with Gasteiger partial charge in [0, 0.05) is 18.8 Å². The summed E-state index contributed by atoms with van der Waals surface area (Å²) in [6.45, 7) is 0.230. The Labute approximate surface area is 116 Å². The average Bonchev–Trinajstić information content (AvgIpc) is 2.88. The summed E-state index contributed by atoms with van der Waals surface area (Å²) in [4.78, 5) is 33.2. The summed E-state index contributed by atoms with van der Waals surface area (Å²) in [5.41, 5.74) is 1.54. The van der Waals surface area contributed by atoms with E-state index in [0.717, 1.165) is 12.3 Å². The lowest BCUT2D eigenvalue weighted by atomic mass is 10.2. The second-order valence-electron chi connectivity index (χ2n) is 3.87. The number of pyridine rings is 1. The Kier molecular flexibility index (Phi) is 3.91. The Hall–Kier alpha value is -2.52. The Morgan fingerprint density at radius 3 is 2.90 bits per heavy atom. The highest BCUT2D eigenvalue weighted by Crippen LogP contribution is 2.18. The number of hydrogen-bond donors (Lipinski definition) is 2. The maximum atomic E-state index is 11.5. The maximum Gasteiger partial charge on any atom is 0.332 e. The van der Waals surface area contributed by atoms with Gasteiger partial charge >= 0.3 is 5.69 Å². The molecule has 0 fully saturated rings. The maximum absolute atomic E-state index is 11.5. The van der Waals surface area contributed by atoms with Crippen molar-refractivity contribution >= 4 is 22.9 Å². The zero-order valence-electron chi connectivity index (χ0n) is 10.1. The molecule has 0 aromatic carbocycles. The Balaban J connectivity index is 2.34. The predicted octanol–water partition coefficient (Wildman–Crippen LogP) is 0.470. The Morgan fingerprint density at radius 2 is 2.25 bits per heavy atom. The van der Waals surface area contributed by atoms with Gasteiger partial charge < -0.3 is 4.57 Å². The predicted molar refractivity (Wildman–Crippen MR) is 72.4 cm³/mol. The number of nitrogens with two attached hydrogens (primary N) is 1. The molecular weight excluding hydrogens is 284 g/mol. The lowest BCUT2D eigenvalue weighted by Crippen LogP contribution is -2.30. The fourth-order valence-electron chi connectivity index (χ4n) is 1.67. The summed E-state index contributed by atoms with van der Waals surface area (Å²) in [6.07, 6.45) is 2.57. The number of thiophene rings is 1. The highest BCUT2D eigenvalue weighted by Gasteiger charge is 2.15. The lowest BCUT2D eigenvalue weighted by molar-refractivity contribution is -0.386. The number of nitrogen functional groups attached to an aromatic ring is 1. The molecule has 9 heteroatoms. The van der Waals surface area contributed by atoms with Gasteiger partial charge in [-0.15, -0.1) is 11.3 Å². The van der Waals surface area contributed by atoms with Crippen LogP contribution >= 0.6 is 11.3 Å². The van der Waals surface area contributed by atoms with Gasteiger partial charge in [-0.3, -0.25) is 25.1 Å². The molecule has 3 N–H and O–H groups in total. The van der Waals surface area contributed by atoms with Crippen molar-refractivity contribution in [2.24, 2.45) is 5.84 Å². The van der Waals surface area contributed by atoms with Crippen LogP contribution in [0.4, 0.5) is 5.69 Å². The second kappa shape index (κ2) is 5.63. The van der Waals surface area contributed by atoms with E-state index in [0.29, 0.717) is 10.4 Å². The minimum absolute atomic E-state index is 0.230.